The highest BCUT2D eigenvalue weighted by Crippen LogP contribution is 2.32. The molecule has 0 spiro atoms. The van der Waals surface area contributed by atoms with E-state index in [1.54, 1.807) is 11.1 Å². The van der Waals surface area contributed by atoms with Gasteiger partial charge < -0.3 is 9.80 Å². The van der Waals surface area contributed by atoms with Gasteiger partial charge in [0.1, 0.15) is 9.88 Å². The summed E-state index contributed by atoms with van der Waals surface area (Å²) in [5, 5.41) is 1.34. The van der Waals surface area contributed by atoms with Gasteiger partial charge in [0, 0.05) is 31.7 Å². The number of aromatic nitrogens is 1. The van der Waals surface area contributed by atoms with E-state index in [1.807, 2.05) is 73.3 Å². The molecular weight excluding hydrogens is 430 g/mol. The lowest BCUT2D eigenvalue weighted by Gasteiger charge is -2.38. The molecule has 2 aromatic carbocycles. The molecule has 1 saturated heterocycles. The van der Waals surface area contributed by atoms with Crippen LogP contribution in [0.25, 0.3) is 10.6 Å². The summed E-state index contributed by atoms with van der Waals surface area (Å²) < 4.78 is 0. The summed E-state index contributed by atoms with van der Waals surface area (Å²) in [6.07, 6.45) is 1.61. The van der Waals surface area contributed by atoms with Crippen molar-refractivity contribution in [1.29, 1.82) is 0 Å². The van der Waals surface area contributed by atoms with Crippen LogP contribution < -0.4 is 0 Å². The predicted octanol–water partition coefficient (Wildman–Crippen LogP) is 4.73. The van der Waals surface area contributed by atoms with Gasteiger partial charge in [-0.15, -0.1) is 11.3 Å². The number of thiazole rings is 1. The smallest absolute Gasteiger partial charge is 0.265 e. The van der Waals surface area contributed by atoms with Crippen LogP contribution in [-0.2, 0) is 10.2 Å². The average Bonchev–Trinajstić information content (AvgIpc) is 3.29. The van der Waals surface area contributed by atoms with Crippen LogP contribution in [0.3, 0.4) is 0 Å². The van der Waals surface area contributed by atoms with E-state index < -0.39 is 5.41 Å². The zero-order valence-electron chi connectivity index (χ0n) is 17.5. The van der Waals surface area contributed by atoms with Crippen molar-refractivity contribution >= 4 is 34.8 Å². The quantitative estimate of drug-likeness (QED) is 0.574. The van der Waals surface area contributed by atoms with Gasteiger partial charge in [0.15, 0.2) is 0 Å². The molecule has 0 atom stereocenters. The highest BCUT2D eigenvalue weighted by molar-refractivity contribution is 7.17. The second-order valence-electron chi connectivity index (χ2n) is 8.08. The molecule has 3 aromatic rings. The van der Waals surface area contributed by atoms with Crippen molar-refractivity contribution in [3.63, 3.8) is 0 Å². The van der Waals surface area contributed by atoms with Crippen LogP contribution in [0.5, 0.6) is 0 Å². The van der Waals surface area contributed by atoms with E-state index in [0.717, 1.165) is 16.1 Å². The summed E-state index contributed by atoms with van der Waals surface area (Å²) in [5.41, 5.74) is 1.22. The molecular formula is C24H24ClN3O2S. The Balaban J connectivity index is 1.41. The Hall–Kier alpha value is -2.70. The molecule has 0 bridgehead atoms. The molecule has 0 saturated carbocycles. The predicted molar refractivity (Wildman–Crippen MR) is 125 cm³/mol. The Morgan fingerprint density at radius 1 is 0.935 bits per heavy atom. The van der Waals surface area contributed by atoms with Crippen molar-refractivity contribution in [2.45, 2.75) is 19.3 Å². The fourth-order valence-electron chi connectivity index (χ4n) is 3.77. The van der Waals surface area contributed by atoms with Crippen LogP contribution >= 0.6 is 22.9 Å². The summed E-state index contributed by atoms with van der Waals surface area (Å²) in [6.45, 7) is 5.98. The number of carbonyl (C=O) groups excluding carboxylic acids is 2. The molecule has 1 aromatic heterocycles. The summed E-state index contributed by atoms with van der Waals surface area (Å²) in [6, 6.07) is 17.3. The van der Waals surface area contributed by atoms with Crippen LogP contribution in [0, 0.1) is 0 Å². The SMILES string of the molecule is CC(C)(C(=O)N1CCN(C(=O)c2cnc(-c3ccccc3Cl)s2)CC1)c1ccccc1. The van der Waals surface area contributed by atoms with Crippen molar-refractivity contribution in [3.8, 4) is 10.6 Å². The van der Waals surface area contributed by atoms with E-state index >= 15 is 0 Å². The Morgan fingerprint density at radius 2 is 1.55 bits per heavy atom. The molecule has 160 valence electrons. The average molecular weight is 454 g/mol. The zero-order chi connectivity index (χ0) is 22.0. The lowest BCUT2D eigenvalue weighted by atomic mass is 9.83. The van der Waals surface area contributed by atoms with Crippen molar-refractivity contribution < 1.29 is 9.59 Å². The number of rotatable bonds is 4. The number of hydrogen-bond acceptors (Lipinski definition) is 4. The van der Waals surface area contributed by atoms with Gasteiger partial charge in [-0.2, -0.15) is 0 Å². The topological polar surface area (TPSA) is 53.5 Å². The fraction of sp³-hybridized carbons (Fsp3) is 0.292. The van der Waals surface area contributed by atoms with Crippen LogP contribution in [0.4, 0.5) is 0 Å². The van der Waals surface area contributed by atoms with Crippen molar-refractivity contribution in [2.75, 3.05) is 26.2 Å². The maximum absolute atomic E-state index is 13.2. The van der Waals surface area contributed by atoms with Gasteiger partial charge in [0.25, 0.3) is 5.91 Å². The Bertz CT molecular complexity index is 1090. The number of carbonyl (C=O) groups is 2. The van der Waals surface area contributed by atoms with E-state index in [4.69, 9.17) is 11.6 Å². The Kier molecular flexibility index (Phi) is 6.12. The third kappa shape index (κ3) is 4.36. The lowest BCUT2D eigenvalue weighted by Crippen LogP contribution is -2.54. The largest absolute Gasteiger partial charge is 0.338 e. The number of halogens is 1. The van der Waals surface area contributed by atoms with Crippen molar-refractivity contribution in [1.82, 2.24) is 14.8 Å². The summed E-state index contributed by atoms with van der Waals surface area (Å²) in [7, 11) is 0. The first kappa shape index (κ1) is 21.5. The molecule has 1 aliphatic heterocycles. The number of benzene rings is 2. The van der Waals surface area contributed by atoms with Crippen molar-refractivity contribution in [3.05, 3.63) is 76.3 Å². The fourth-order valence-corrected chi connectivity index (χ4v) is 4.98. The van der Waals surface area contributed by atoms with Gasteiger partial charge in [0.05, 0.1) is 16.6 Å². The maximum atomic E-state index is 13.2. The van der Waals surface area contributed by atoms with Gasteiger partial charge in [-0.05, 0) is 25.5 Å². The summed E-state index contributed by atoms with van der Waals surface area (Å²) in [5.74, 6) is 0.0369. The molecule has 0 aliphatic carbocycles. The van der Waals surface area contributed by atoms with E-state index in [2.05, 4.69) is 4.98 Å². The monoisotopic (exact) mass is 453 g/mol. The van der Waals surface area contributed by atoms with E-state index in [0.29, 0.717) is 36.1 Å². The third-order valence-corrected chi connectivity index (χ3v) is 7.05. The first-order chi connectivity index (χ1) is 14.9. The molecule has 2 amide bonds. The standard InChI is InChI=1S/C24H24ClN3O2S/c1-24(2,17-8-4-3-5-9-17)23(30)28-14-12-27(13-15-28)22(29)20-16-26-21(31-20)18-10-6-7-11-19(18)25/h3-11,16H,12-15H2,1-2H3. The summed E-state index contributed by atoms with van der Waals surface area (Å²) in [4.78, 5) is 34.8. The second-order valence-corrected chi connectivity index (χ2v) is 9.52. The molecule has 0 radical (unpaired) electrons. The van der Waals surface area contributed by atoms with Crippen LogP contribution in [0.15, 0.2) is 60.8 Å². The molecule has 5 nitrogen and oxygen atoms in total. The minimum atomic E-state index is -0.602. The van der Waals surface area contributed by atoms with Gasteiger partial charge >= 0.3 is 0 Å². The molecule has 7 heteroatoms. The third-order valence-electron chi connectivity index (χ3n) is 5.70. The van der Waals surface area contributed by atoms with Crippen molar-refractivity contribution in [2.24, 2.45) is 0 Å². The highest BCUT2D eigenvalue weighted by Gasteiger charge is 2.35. The first-order valence-corrected chi connectivity index (χ1v) is 11.4. The Labute approximate surface area is 191 Å². The molecule has 0 unspecified atom stereocenters. The number of amides is 2. The van der Waals surface area contributed by atoms with Gasteiger partial charge in [0.2, 0.25) is 5.91 Å². The zero-order valence-corrected chi connectivity index (χ0v) is 19.1. The van der Waals surface area contributed by atoms with E-state index in [9.17, 15) is 9.59 Å². The molecule has 2 heterocycles. The summed E-state index contributed by atoms with van der Waals surface area (Å²) >= 11 is 7.60. The maximum Gasteiger partial charge on any atom is 0.265 e. The minimum absolute atomic E-state index is 0.0507. The van der Waals surface area contributed by atoms with Crippen LogP contribution in [-0.4, -0.2) is 52.8 Å². The molecule has 31 heavy (non-hydrogen) atoms. The Morgan fingerprint density at radius 3 is 2.23 bits per heavy atom. The number of hydrogen-bond donors (Lipinski definition) is 0. The number of piperazine rings is 1. The molecule has 0 N–H and O–H groups in total. The van der Waals surface area contributed by atoms with Crippen LogP contribution in [0.2, 0.25) is 5.02 Å². The van der Waals surface area contributed by atoms with E-state index in [-0.39, 0.29) is 11.8 Å². The van der Waals surface area contributed by atoms with Gasteiger partial charge in [-0.25, -0.2) is 4.98 Å². The van der Waals surface area contributed by atoms with Crippen LogP contribution in [0.1, 0.15) is 29.1 Å². The highest BCUT2D eigenvalue weighted by atomic mass is 35.5. The van der Waals surface area contributed by atoms with E-state index in [1.165, 1.54) is 11.3 Å². The lowest BCUT2D eigenvalue weighted by molar-refractivity contribution is -0.137. The first-order valence-electron chi connectivity index (χ1n) is 10.2. The van der Waals surface area contributed by atoms with Gasteiger partial charge in [-0.1, -0.05) is 60.1 Å². The molecule has 4 rings (SSSR count). The molecule has 1 aliphatic rings. The second kappa shape index (κ2) is 8.81. The van der Waals surface area contributed by atoms with Gasteiger partial charge in [-0.3, -0.25) is 9.59 Å². The molecule has 1 fully saturated rings. The normalized spacial score (nSPS) is 14.5. The minimum Gasteiger partial charge on any atom is -0.338 e. The number of nitrogens with zero attached hydrogens (tertiary/aromatic N) is 3.